The van der Waals surface area contributed by atoms with Crippen LogP contribution in [0.4, 0.5) is 0 Å². The second-order valence-electron chi connectivity index (χ2n) is 8.86. The molecule has 44 heavy (non-hydrogen) atoms. The van der Waals surface area contributed by atoms with E-state index in [1.54, 1.807) is 40.1 Å². The zero-order valence-corrected chi connectivity index (χ0v) is 27.4. The van der Waals surface area contributed by atoms with Gasteiger partial charge >= 0.3 is 27.1 Å². The monoisotopic (exact) mass is 660 g/mol. The van der Waals surface area contributed by atoms with Crippen molar-refractivity contribution in [1.29, 1.82) is 0 Å². The molecule has 0 saturated carbocycles. The van der Waals surface area contributed by atoms with E-state index in [2.05, 4.69) is 9.97 Å². The fourth-order valence-electron chi connectivity index (χ4n) is 3.58. The lowest BCUT2D eigenvalue weighted by molar-refractivity contribution is -0.143. The molecule has 2 rings (SSSR count). The third-order valence-corrected chi connectivity index (χ3v) is 9.28. The number of rotatable bonds is 23. The molecule has 0 atom stereocenters. The summed E-state index contributed by atoms with van der Waals surface area (Å²) in [4.78, 5) is 32.7. The molecule has 0 aliphatic carbocycles. The normalized spacial score (nSPS) is 11.8. The number of carbonyl (C=O) groups excluding carboxylic acids is 2. The van der Waals surface area contributed by atoms with Crippen molar-refractivity contribution in [2.24, 2.45) is 0 Å². The SMILES string of the molecule is CCOP(=O)(CC(=O)OCCOCc1ccc(-c2ccc(COCCOC(=O)CP(=O)(OCC)OCC)cn2)nc1)OCC. The van der Waals surface area contributed by atoms with E-state index in [9.17, 15) is 18.7 Å². The molecule has 0 saturated heterocycles. The summed E-state index contributed by atoms with van der Waals surface area (Å²) < 4.78 is 66.3. The number of nitrogens with zero attached hydrogens (tertiary/aromatic N) is 2. The minimum atomic E-state index is -3.50. The lowest BCUT2D eigenvalue weighted by Crippen LogP contribution is -2.16. The molecular weight excluding hydrogens is 618 g/mol. The van der Waals surface area contributed by atoms with Crippen molar-refractivity contribution in [2.45, 2.75) is 40.9 Å². The molecule has 2 aromatic heterocycles. The Hall–Kier alpha value is -2.54. The van der Waals surface area contributed by atoms with Gasteiger partial charge in [0.2, 0.25) is 0 Å². The third kappa shape index (κ3) is 14.5. The molecular formula is C28H42N2O12P2. The Bertz CT molecular complexity index is 1110. The zero-order valence-electron chi connectivity index (χ0n) is 25.6. The molecule has 0 aliphatic heterocycles. The molecule has 0 spiro atoms. The lowest BCUT2D eigenvalue weighted by atomic mass is 10.2. The molecule has 0 bridgehead atoms. The summed E-state index contributed by atoms with van der Waals surface area (Å²) in [6.07, 6.45) is 2.44. The molecule has 0 aromatic carbocycles. The lowest BCUT2D eigenvalue weighted by Gasteiger charge is -2.16. The zero-order chi connectivity index (χ0) is 32.3. The van der Waals surface area contributed by atoms with Crippen LogP contribution in [0.3, 0.4) is 0 Å². The van der Waals surface area contributed by atoms with Gasteiger partial charge in [-0.1, -0.05) is 12.1 Å². The highest BCUT2D eigenvalue weighted by molar-refractivity contribution is 7.55. The maximum Gasteiger partial charge on any atom is 0.341 e. The van der Waals surface area contributed by atoms with Gasteiger partial charge in [0.25, 0.3) is 0 Å². The first kappa shape index (κ1) is 37.6. The van der Waals surface area contributed by atoms with Crippen LogP contribution < -0.4 is 0 Å². The van der Waals surface area contributed by atoms with E-state index in [1.807, 2.05) is 24.3 Å². The molecule has 14 nitrogen and oxygen atoms in total. The summed E-state index contributed by atoms with van der Waals surface area (Å²) >= 11 is 0. The fourth-order valence-corrected chi connectivity index (χ4v) is 6.49. The van der Waals surface area contributed by atoms with Crippen LogP contribution in [0.15, 0.2) is 36.7 Å². The standard InChI is InChI=1S/C28H42N2O12P2/c1-5-39-43(33,40-6-2)21-27(31)37-15-13-35-19-23-9-11-25(29-17-23)26-12-10-24(18-30-26)20-36-14-16-38-28(32)22-44(34,41-7-3)42-8-4/h9-12,17-18H,5-8,13-16,19-22H2,1-4H3. The third-order valence-electron chi connectivity index (χ3n) is 5.38. The number of ether oxygens (including phenoxy) is 4. The summed E-state index contributed by atoms with van der Waals surface area (Å²) in [7, 11) is -6.99. The Labute approximate surface area is 258 Å². The molecule has 16 heteroatoms. The summed E-state index contributed by atoms with van der Waals surface area (Å²) in [5.74, 6) is -1.36. The molecule has 0 amide bonds. The van der Waals surface area contributed by atoms with Gasteiger partial charge in [-0.2, -0.15) is 0 Å². The molecule has 0 fully saturated rings. The van der Waals surface area contributed by atoms with Crippen molar-refractivity contribution < 1.29 is 55.8 Å². The Morgan fingerprint density at radius 2 is 0.955 bits per heavy atom. The average molecular weight is 661 g/mol. The smallest absolute Gasteiger partial charge is 0.341 e. The van der Waals surface area contributed by atoms with Crippen molar-refractivity contribution in [1.82, 2.24) is 9.97 Å². The average Bonchev–Trinajstić information content (AvgIpc) is 2.98. The highest BCUT2D eigenvalue weighted by atomic mass is 31.2. The quantitative estimate of drug-likeness (QED) is 0.0906. The first-order chi connectivity index (χ1) is 21.2. The number of carbonyl (C=O) groups is 2. The van der Waals surface area contributed by atoms with Crippen molar-refractivity contribution >= 4 is 27.1 Å². The summed E-state index contributed by atoms with van der Waals surface area (Å²) in [6.45, 7) is 8.16. The van der Waals surface area contributed by atoms with Gasteiger partial charge in [0.15, 0.2) is 0 Å². The first-order valence-electron chi connectivity index (χ1n) is 14.3. The van der Waals surface area contributed by atoms with Crippen molar-refractivity contribution in [3.63, 3.8) is 0 Å². The maximum atomic E-state index is 12.4. The van der Waals surface area contributed by atoms with E-state index >= 15 is 0 Å². The fraction of sp³-hybridized carbons (Fsp3) is 0.571. The molecule has 2 aromatic rings. The molecule has 2 heterocycles. The molecule has 0 unspecified atom stereocenters. The van der Waals surface area contributed by atoms with E-state index in [-0.39, 0.29) is 66.1 Å². The minimum Gasteiger partial charge on any atom is -0.463 e. The van der Waals surface area contributed by atoms with E-state index in [0.29, 0.717) is 11.4 Å². The van der Waals surface area contributed by atoms with Crippen molar-refractivity contribution in [3.8, 4) is 11.4 Å². The first-order valence-corrected chi connectivity index (χ1v) is 17.7. The molecule has 0 N–H and O–H groups in total. The van der Waals surface area contributed by atoms with Crippen LogP contribution in [0.1, 0.15) is 38.8 Å². The number of hydrogen-bond acceptors (Lipinski definition) is 14. The van der Waals surface area contributed by atoms with Crippen molar-refractivity contribution in [3.05, 3.63) is 47.8 Å². The van der Waals surface area contributed by atoms with Gasteiger partial charge in [-0.3, -0.25) is 28.7 Å². The topological polar surface area (TPSA) is 168 Å². The Kier molecular flexibility index (Phi) is 17.5. The van der Waals surface area contributed by atoms with Crippen LogP contribution in [-0.2, 0) is 69.0 Å². The van der Waals surface area contributed by atoms with E-state index < -0.39 is 39.5 Å². The number of hydrogen-bond donors (Lipinski definition) is 0. The predicted molar refractivity (Wildman–Crippen MR) is 160 cm³/mol. The van der Waals surface area contributed by atoms with Crippen LogP contribution in [0, 0.1) is 0 Å². The van der Waals surface area contributed by atoms with E-state index in [1.165, 1.54) is 0 Å². The van der Waals surface area contributed by atoms with Gasteiger partial charge in [-0.25, -0.2) is 0 Å². The molecule has 0 aliphatic rings. The van der Waals surface area contributed by atoms with Gasteiger partial charge < -0.3 is 37.0 Å². The van der Waals surface area contributed by atoms with Gasteiger partial charge in [0.1, 0.15) is 25.5 Å². The molecule has 246 valence electrons. The van der Waals surface area contributed by atoms with Gasteiger partial charge in [0, 0.05) is 12.4 Å². The Balaban J connectivity index is 1.67. The Morgan fingerprint density at radius 1 is 0.591 bits per heavy atom. The Morgan fingerprint density at radius 3 is 1.25 bits per heavy atom. The van der Waals surface area contributed by atoms with Crippen LogP contribution >= 0.6 is 15.2 Å². The van der Waals surface area contributed by atoms with Crippen LogP contribution in [0.25, 0.3) is 11.4 Å². The van der Waals surface area contributed by atoms with E-state index in [4.69, 9.17) is 37.0 Å². The second-order valence-corrected chi connectivity index (χ2v) is 13.0. The number of pyridine rings is 2. The van der Waals surface area contributed by atoms with E-state index in [0.717, 1.165) is 11.1 Å². The molecule has 0 radical (unpaired) electrons. The van der Waals surface area contributed by atoms with Crippen LogP contribution in [-0.4, -0.2) is 87.1 Å². The summed E-state index contributed by atoms with van der Waals surface area (Å²) in [5, 5.41) is 0. The van der Waals surface area contributed by atoms with Gasteiger partial charge in [-0.05, 0) is 51.0 Å². The second kappa shape index (κ2) is 20.5. The largest absolute Gasteiger partial charge is 0.463 e. The highest BCUT2D eigenvalue weighted by Crippen LogP contribution is 2.48. The van der Waals surface area contributed by atoms with Gasteiger partial charge in [0.05, 0.1) is 64.2 Å². The van der Waals surface area contributed by atoms with Crippen LogP contribution in [0.2, 0.25) is 0 Å². The minimum absolute atomic E-state index is 0.000142. The van der Waals surface area contributed by atoms with Gasteiger partial charge in [-0.15, -0.1) is 0 Å². The number of aromatic nitrogens is 2. The maximum absolute atomic E-state index is 12.4. The summed E-state index contributed by atoms with van der Waals surface area (Å²) in [5.41, 5.74) is 2.99. The summed E-state index contributed by atoms with van der Waals surface area (Å²) in [6, 6.07) is 7.36. The number of esters is 2. The van der Waals surface area contributed by atoms with Crippen molar-refractivity contribution in [2.75, 3.05) is 65.2 Å². The highest BCUT2D eigenvalue weighted by Gasteiger charge is 2.29. The van der Waals surface area contributed by atoms with Crippen LogP contribution in [0.5, 0.6) is 0 Å². The predicted octanol–water partition coefficient (Wildman–Crippen LogP) is 4.80.